The van der Waals surface area contributed by atoms with Crippen molar-refractivity contribution in [3.63, 3.8) is 0 Å². The van der Waals surface area contributed by atoms with Gasteiger partial charge in [-0.3, -0.25) is 4.90 Å². The van der Waals surface area contributed by atoms with Gasteiger partial charge in [-0.15, -0.1) is 0 Å². The van der Waals surface area contributed by atoms with Crippen LogP contribution in [0.4, 0.5) is 11.8 Å². The van der Waals surface area contributed by atoms with Crippen LogP contribution in [0, 0.1) is 0 Å². The van der Waals surface area contributed by atoms with E-state index in [-0.39, 0.29) is 0 Å². The maximum Gasteiger partial charge on any atom is 0.222 e. The lowest BCUT2D eigenvalue weighted by molar-refractivity contribution is 0.175. The second kappa shape index (κ2) is 7.62. The van der Waals surface area contributed by atoms with E-state index < -0.39 is 0 Å². The molecule has 2 saturated heterocycles. The van der Waals surface area contributed by atoms with Gasteiger partial charge in [0.15, 0.2) is 0 Å². The largest absolute Gasteiger partial charge is 0.368 e. The van der Waals surface area contributed by atoms with Crippen LogP contribution in [-0.2, 0) is 0 Å². The summed E-state index contributed by atoms with van der Waals surface area (Å²) in [5.41, 5.74) is 9.38. The third-order valence-corrected chi connectivity index (χ3v) is 5.79. The molecule has 5 nitrogen and oxygen atoms in total. The molecule has 138 valence electrons. The zero-order valence-electron chi connectivity index (χ0n) is 15.7. The molecule has 4 rings (SSSR count). The molecule has 0 spiro atoms. The highest BCUT2D eigenvalue weighted by Crippen LogP contribution is 2.28. The number of rotatable bonds is 4. The van der Waals surface area contributed by atoms with Gasteiger partial charge >= 0.3 is 0 Å². The zero-order chi connectivity index (χ0) is 17.9. The lowest BCUT2D eigenvalue weighted by Crippen LogP contribution is -2.32. The van der Waals surface area contributed by atoms with Crippen LogP contribution < -0.4 is 10.6 Å². The second-order valence-corrected chi connectivity index (χ2v) is 7.56. The molecule has 1 unspecified atom stereocenters. The summed E-state index contributed by atoms with van der Waals surface area (Å²) in [7, 11) is 0. The molecule has 2 aliphatic heterocycles. The van der Waals surface area contributed by atoms with E-state index in [4.69, 9.17) is 5.73 Å². The maximum atomic E-state index is 5.98. The number of hydrogen-bond acceptors (Lipinski definition) is 5. The van der Waals surface area contributed by atoms with Crippen molar-refractivity contribution < 1.29 is 0 Å². The van der Waals surface area contributed by atoms with Crippen LogP contribution in [0.2, 0.25) is 0 Å². The van der Waals surface area contributed by atoms with Crippen molar-refractivity contribution in [3.05, 3.63) is 35.9 Å². The van der Waals surface area contributed by atoms with E-state index in [2.05, 4.69) is 57.0 Å². The number of nitrogen functional groups attached to an aromatic ring is 1. The Balaban J connectivity index is 1.54. The van der Waals surface area contributed by atoms with Gasteiger partial charge in [0.25, 0.3) is 0 Å². The van der Waals surface area contributed by atoms with Gasteiger partial charge < -0.3 is 10.6 Å². The minimum atomic E-state index is 0.357. The van der Waals surface area contributed by atoms with Gasteiger partial charge in [0.2, 0.25) is 5.95 Å². The first-order valence-corrected chi connectivity index (χ1v) is 9.94. The van der Waals surface area contributed by atoms with Gasteiger partial charge in [-0.25, -0.2) is 4.98 Å². The molecule has 2 fully saturated rings. The lowest BCUT2D eigenvalue weighted by atomic mass is 10.0. The lowest BCUT2D eigenvalue weighted by Gasteiger charge is -2.32. The number of anilines is 2. The van der Waals surface area contributed by atoms with Crippen molar-refractivity contribution in [1.82, 2.24) is 14.9 Å². The Hall–Kier alpha value is -2.14. The highest BCUT2D eigenvalue weighted by atomic mass is 15.2. The minimum Gasteiger partial charge on any atom is -0.368 e. The summed E-state index contributed by atoms with van der Waals surface area (Å²) in [6.07, 6.45) is 6.46. The third kappa shape index (κ3) is 3.68. The normalized spacial score (nSPS) is 19.7. The molecule has 2 aromatic rings. The summed E-state index contributed by atoms with van der Waals surface area (Å²) in [5, 5.41) is 0. The summed E-state index contributed by atoms with van der Waals surface area (Å²) in [6, 6.07) is 11.4. The van der Waals surface area contributed by atoms with Crippen molar-refractivity contribution in [3.8, 4) is 11.3 Å². The van der Waals surface area contributed by atoms with Crippen LogP contribution in [-0.4, -0.2) is 41.0 Å². The molecular weight excluding hydrogens is 322 g/mol. The van der Waals surface area contributed by atoms with Gasteiger partial charge in [-0.1, -0.05) is 30.7 Å². The van der Waals surface area contributed by atoms with Crippen LogP contribution in [0.3, 0.4) is 0 Å². The van der Waals surface area contributed by atoms with E-state index in [0.29, 0.717) is 12.0 Å². The Morgan fingerprint density at radius 1 is 0.885 bits per heavy atom. The van der Waals surface area contributed by atoms with E-state index in [1.54, 1.807) is 0 Å². The summed E-state index contributed by atoms with van der Waals surface area (Å²) in [6.45, 7) is 6.86. The molecule has 5 heteroatoms. The van der Waals surface area contributed by atoms with Crippen LogP contribution in [0.15, 0.2) is 30.3 Å². The Morgan fingerprint density at radius 3 is 2.23 bits per heavy atom. The van der Waals surface area contributed by atoms with E-state index in [1.165, 1.54) is 50.8 Å². The fourth-order valence-electron chi connectivity index (χ4n) is 4.16. The first kappa shape index (κ1) is 17.3. The number of piperidine rings is 1. The standard InChI is InChI=1S/C21H29N5/c1-16(25-11-3-2-4-12-25)17-7-9-18(10-8-17)19-15-20(24-21(22)23-19)26-13-5-6-14-26/h7-10,15-16H,2-6,11-14H2,1H3,(H2,22,23,24). The van der Waals surface area contributed by atoms with Crippen molar-refractivity contribution >= 4 is 11.8 Å². The monoisotopic (exact) mass is 351 g/mol. The first-order valence-electron chi connectivity index (χ1n) is 9.94. The predicted octanol–water partition coefficient (Wildman–Crippen LogP) is 3.87. The molecule has 2 aliphatic rings. The van der Waals surface area contributed by atoms with Crippen molar-refractivity contribution in [2.24, 2.45) is 0 Å². The Morgan fingerprint density at radius 2 is 1.54 bits per heavy atom. The molecule has 2 N–H and O–H groups in total. The van der Waals surface area contributed by atoms with Crippen molar-refractivity contribution in [1.29, 1.82) is 0 Å². The Bertz CT molecular complexity index is 731. The molecule has 1 atom stereocenters. The maximum absolute atomic E-state index is 5.98. The van der Waals surface area contributed by atoms with Crippen LogP contribution in [0.5, 0.6) is 0 Å². The predicted molar refractivity (Wildman–Crippen MR) is 107 cm³/mol. The van der Waals surface area contributed by atoms with Crippen LogP contribution in [0.25, 0.3) is 11.3 Å². The molecule has 0 saturated carbocycles. The average Bonchev–Trinajstić information content (AvgIpc) is 3.23. The molecule has 0 radical (unpaired) electrons. The molecule has 3 heterocycles. The summed E-state index contributed by atoms with van der Waals surface area (Å²) in [4.78, 5) is 13.8. The zero-order valence-corrected chi connectivity index (χ0v) is 15.7. The summed E-state index contributed by atoms with van der Waals surface area (Å²) < 4.78 is 0. The number of nitrogens with two attached hydrogens (primary N) is 1. The molecule has 0 bridgehead atoms. The minimum absolute atomic E-state index is 0.357. The van der Waals surface area contributed by atoms with Gasteiger partial charge in [0, 0.05) is 30.8 Å². The summed E-state index contributed by atoms with van der Waals surface area (Å²) >= 11 is 0. The number of hydrogen-bond donors (Lipinski definition) is 1. The van der Waals surface area contributed by atoms with Crippen LogP contribution in [0.1, 0.15) is 50.6 Å². The molecule has 0 aliphatic carbocycles. The van der Waals surface area contributed by atoms with Gasteiger partial charge in [0.05, 0.1) is 5.69 Å². The van der Waals surface area contributed by atoms with E-state index in [9.17, 15) is 0 Å². The topological polar surface area (TPSA) is 58.3 Å². The highest BCUT2D eigenvalue weighted by Gasteiger charge is 2.19. The molecule has 1 aromatic heterocycles. The third-order valence-electron chi connectivity index (χ3n) is 5.79. The molecule has 0 amide bonds. The average molecular weight is 351 g/mol. The van der Waals surface area contributed by atoms with Gasteiger partial charge in [-0.05, 0) is 51.3 Å². The van der Waals surface area contributed by atoms with Crippen LogP contribution >= 0.6 is 0 Å². The van der Waals surface area contributed by atoms with Crippen molar-refractivity contribution in [2.45, 2.75) is 45.1 Å². The number of nitrogens with zero attached hydrogens (tertiary/aromatic N) is 4. The second-order valence-electron chi connectivity index (χ2n) is 7.56. The molecule has 1 aromatic carbocycles. The molecule has 26 heavy (non-hydrogen) atoms. The number of aromatic nitrogens is 2. The summed E-state index contributed by atoms with van der Waals surface area (Å²) in [5.74, 6) is 1.31. The van der Waals surface area contributed by atoms with Crippen molar-refractivity contribution in [2.75, 3.05) is 36.8 Å². The molecular formula is C21H29N5. The first-order chi connectivity index (χ1) is 12.7. The fraction of sp³-hybridized carbons (Fsp3) is 0.524. The fourth-order valence-corrected chi connectivity index (χ4v) is 4.16. The van der Waals surface area contributed by atoms with Gasteiger partial charge in [0.1, 0.15) is 5.82 Å². The van der Waals surface area contributed by atoms with E-state index in [1.807, 2.05) is 0 Å². The smallest absolute Gasteiger partial charge is 0.222 e. The number of likely N-dealkylation sites (tertiary alicyclic amines) is 1. The van der Waals surface area contributed by atoms with Gasteiger partial charge in [-0.2, -0.15) is 4.98 Å². The quantitative estimate of drug-likeness (QED) is 0.906. The SMILES string of the molecule is CC(c1ccc(-c2cc(N3CCCC3)nc(N)n2)cc1)N1CCCCC1. The van der Waals surface area contributed by atoms with E-state index >= 15 is 0 Å². The number of benzene rings is 1. The Labute approximate surface area is 156 Å². The Kier molecular flexibility index (Phi) is 5.07. The van der Waals surface area contributed by atoms with E-state index in [0.717, 1.165) is 30.2 Å². The highest BCUT2D eigenvalue weighted by molar-refractivity contribution is 5.65.